The van der Waals surface area contributed by atoms with Gasteiger partial charge in [0, 0.05) is 22.4 Å². The zero-order chi connectivity index (χ0) is 22.8. The second-order valence-electron chi connectivity index (χ2n) is 10.8. The van der Waals surface area contributed by atoms with E-state index in [9.17, 15) is 10.2 Å². The van der Waals surface area contributed by atoms with Crippen LogP contribution < -0.4 is 9.47 Å². The number of hydrogen-bond acceptors (Lipinski definition) is 5. The maximum atomic E-state index is 11.9. The summed E-state index contributed by atoms with van der Waals surface area (Å²) in [6.45, 7) is 0.996. The molecule has 5 nitrogen and oxygen atoms in total. The molecule has 2 aliphatic heterocycles. The molecule has 1 saturated heterocycles. The lowest BCUT2D eigenvalue weighted by molar-refractivity contribution is -0.178. The standard InChI is InChI=1S/C28H35NO4/c1-29-14-13-28-20-16-27(17-30,12-6-9-18-7-4-3-5-8-18)25(31)26(28)33-24-22(32-2)11-10-19(23(24)28)15-21(20)29/h3-5,7-8,10-11,20-21,25-26,30-31H,6,9,12-17H2,1-2H3/t20?,21?,25-,26?,27+,28?/m0/s1. The summed E-state index contributed by atoms with van der Waals surface area (Å²) in [5, 5.41) is 22.6. The molecular formula is C28H35NO4. The number of aliphatic hydroxyl groups is 2. The van der Waals surface area contributed by atoms with Gasteiger partial charge in [0.25, 0.3) is 0 Å². The Morgan fingerprint density at radius 1 is 1.18 bits per heavy atom. The second-order valence-corrected chi connectivity index (χ2v) is 10.8. The molecule has 6 atom stereocenters. The summed E-state index contributed by atoms with van der Waals surface area (Å²) < 4.78 is 12.4. The smallest absolute Gasteiger partial charge is 0.165 e. The topological polar surface area (TPSA) is 62.2 Å². The van der Waals surface area contributed by atoms with Crippen LogP contribution in [0.3, 0.4) is 0 Å². The van der Waals surface area contributed by atoms with Gasteiger partial charge >= 0.3 is 0 Å². The van der Waals surface area contributed by atoms with Crippen molar-refractivity contribution < 1.29 is 19.7 Å². The third-order valence-electron chi connectivity index (χ3n) is 9.48. The van der Waals surface area contributed by atoms with Crippen LogP contribution in [0.4, 0.5) is 0 Å². The Labute approximate surface area is 196 Å². The van der Waals surface area contributed by atoms with Crippen molar-refractivity contribution in [2.45, 2.75) is 62.2 Å². The van der Waals surface area contributed by atoms with Gasteiger partial charge in [0.2, 0.25) is 0 Å². The van der Waals surface area contributed by atoms with E-state index in [1.807, 2.05) is 12.1 Å². The Morgan fingerprint density at radius 2 is 2.00 bits per heavy atom. The van der Waals surface area contributed by atoms with Gasteiger partial charge in [0.05, 0.1) is 19.8 Å². The van der Waals surface area contributed by atoms with Crippen molar-refractivity contribution in [1.29, 1.82) is 0 Å². The molecule has 6 rings (SSSR count). The number of nitrogens with zero attached hydrogens (tertiary/aromatic N) is 1. The molecule has 4 aliphatic rings. The van der Waals surface area contributed by atoms with E-state index < -0.39 is 11.5 Å². The molecule has 33 heavy (non-hydrogen) atoms. The second kappa shape index (κ2) is 7.72. The van der Waals surface area contributed by atoms with Crippen LogP contribution in [0.15, 0.2) is 42.5 Å². The summed E-state index contributed by atoms with van der Waals surface area (Å²) in [4.78, 5) is 2.50. The first-order valence-corrected chi connectivity index (χ1v) is 12.4. The third-order valence-corrected chi connectivity index (χ3v) is 9.48. The lowest BCUT2D eigenvalue weighted by Crippen LogP contribution is -2.70. The number of hydrogen-bond donors (Lipinski definition) is 2. The molecular weight excluding hydrogens is 414 g/mol. The van der Waals surface area contributed by atoms with Crippen LogP contribution in [0, 0.1) is 11.3 Å². The van der Waals surface area contributed by atoms with Gasteiger partial charge in [-0.05, 0) is 75.2 Å². The Hall–Kier alpha value is -2.08. The van der Waals surface area contributed by atoms with Crippen molar-refractivity contribution in [3.63, 3.8) is 0 Å². The summed E-state index contributed by atoms with van der Waals surface area (Å²) in [5.74, 6) is 1.96. The van der Waals surface area contributed by atoms with Gasteiger partial charge in [-0.3, -0.25) is 0 Å². The largest absolute Gasteiger partial charge is 0.493 e. The van der Waals surface area contributed by atoms with Gasteiger partial charge in [-0.1, -0.05) is 36.4 Å². The fourth-order valence-corrected chi connectivity index (χ4v) is 7.81. The number of methoxy groups -OCH3 is 1. The highest BCUT2D eigenvalue weighted by Crippen LogP contribution is 2.66. The fraction of sp³-hybridized carbons (Fsp3) is 0.571. The molecule has 2 bridgehead atoms. The molecule has 2 fully saturated rings. The summed E-state index contributed by atoms with van der Waals surface area (Å²) in [5.41, 5.74) is 3.20. The highest BCUT2D eigenvalue weighted by atomic mass is 16.5. The van der Waals surface area contributed by atoms with Crippen LogP contribution >= 0.6 is 0 Å². The minimum atomic E-state index is -0.707. The number of aliphatic hydroxyl groups excluding tert-OH is 2. The van der Waals surface area contributed by atoms with E-state index in [0.717, 1.165) is 56.6 Å². The predicted octanol–water partition coefficient (Wildman–Crippen LogP) is 3.34. The van der Waals surface area contributed by atoms with Crippen LogP contribution in [-0.2, 0) is 18.3 Å². The van der Waals surface area contributed by atoms with Gasteiger partial charge in [-0.15, -0.1) is 0 Å². The first-order valence-electron chi connectivity index (χ1n) is 12.4. The molecule has 0 amide bonds. The van der Waals surface area contributed by atoms with E-state index in [-0.39, 0.29) is 18.1 Å². The molecule has 176 valence electrons. The first kappa shape index (κ1) is 21.5. The molecule has 4 unspecified atom stereocenters. The lowest BCUT2D eigenvalue weighted by Gasteiger charge is -2.62. The van der Waals surface area contributed by atoms with E-state index >= 15 is 0 Å². The maximum Gasteiger partial charge on any atom is 0.165 e. The van der Waals surface area contributed by atoms with Gasteiger partial charge in [-0.2, -0.15) is 0 Å². The van der Waals surface area contributed by atoms with E-state index in [1.54, 1.807) is 7.11 Å². The molecule has 5 heteroatoms. The molecule has 0 aromatic heterocycles. The van der Waals surface area contributed by atoms with Crippen LogP contribution in [0.25, 0.3) is 0 Å². The SMILES string of the molecule is COc1ccc2c3c1OC1[C@H](O)[C@](CO)(CCCc4ccccc4)CC4C(C2)N(C)CCC341. The number of piperidine rings is 1. The number of likely N-dealkylation sites (N-methyl/N-ethyl adjacent to an activating group) is 1. The van der Waals surface area contributed by atoms with Crippen molar-refractivity contribution in [1.82, 2.24) is 4.90 Å². The number of aryl methyl sites for hydroxylation is 1. The number of ether oxygens (including phenoxy) is 2. The molecule has 1 spiro atoms. The monoisotopic (exact) mass is 449 g/mol. The highest BCUT2D eigenvalue weighted by molar-refractivity contribution is 5.61. The Balaban J connectivity index is 1.39. The van der Waals surface area contributed by atoms with E-state index in [1.165, 1.54) is 16.7 Å². The zero-order valence-electron chi connectivity index (χ0n) is 19.7. The van der Waals surface area contributed by atoms with Crippen molar-refractivity contribution in [3.8, 4) is 11.5 Å². The van der Waals surface area contributed by atoms with E-state index in [0.29, 0.717) is 12.0 Å². The molecule has 2 aliphatic carbocycles. The quantitative estimate of drug-likeness (QED) is 0.708. The Kier molecular flexibility index (Phi) is 5.02. The molecule has 2 aromatic rings. The summed E-state index contributed by atoms with van der Waals surface area (Å²) in [7, 11) is 3.93. The summed E-state index contributed by atoms with van der Waals surface area (Å²) >= 11 is 0. The van der Waals surface area contributed by atoms with E-state index in [4.69, 9.17) is 9.47 Å². The maximum absolute atomic E-state index is 11.9. The van der Waals surface area contributed by atoms with Gasteiger partial charge in [0.1, 0.15) is 6.10 Å². The summed E-state index contributed by atoms with van der Waals surface area (Å²) in [6.07, 6.45) is 4.46. The van der Waals surface area contributed by atoms with Gasteiger partial charge in [0.15, 0.2) is 11.5 Å². The van der Waals surface area contributed by atoms with Crippen molar-refractivity contribution in [3.05, 3.63) is 59.2 Å². The van der Waals surface area contributed by atoms with Crippen LogP contribution in [0.5, 0.6) is 11.5 Å². The number of rotatable bonds is 6. The highest BCUT2D eigenvalue weighted by Gasteiger charge is 2.69. The minimum absolute atomic E-state index is 0.00777. The zero-order valence-corrected chi connectivity index (χ0v) is 19.7. The minimum Gasteiger partial charge on any atom is -0.493 e. The lowest BCUT2D eigenvalue weighted by atomic mass is 9.46. The molecule has 2 aromatic carbocycles. The molecule has 2 N–H and O–H groups in total. The number of benzene rings is 2. The molecule has 1 saturated carbocycles. The van der Waals surface area contributed by atoms with Gasteiger partial charge < -0.3 is 24.6 Å². The van der Waals surface area contributed by atoms with Crippen molar-refractivity contribution in [2.24, 2.45) is 11.3 Å². The summed E-state index contributed by atoms with van der Waals surface area (Å²) in [6, 6.07) is 15.1. The average Bonchev–Trinajstić information content (AvgIpc) is 3.19. The van der Waals surface area contributed by atoms with Crippen LogP contribution in [-0.4, -0.2) is 60.7 Å². The normalized spacial score (nSPS) is 36.2. The van der Waals surface area contributed by atoms with Crippen molar-refractivity contribution >= 4 is 0 Å². The average molecular weight is 450 g/mol. The third kappa shape index (κ3) is 2.88. The number of likely N-dealkylation sites (tertiary alicyclic amines) is 1. The Morgan fingerprint density at radius 3 is 2.76 bits per heavy atom. The fourth-order valence-electron chi connectivity index (χ4n) is 7.81. The predicted molar refractivity (Wildman–Crippen MR) is 127 cm³/mol. The van der Waals surface area contributed by atoms with E-state index in [2.05, 4.69) is 42.3 Å². The van der Waals surface area contributed by atoms with Crippen molar-refractivity contribution in [2.75, 3.05) is 27.3 Å². The first-order chi connectivity index (χ1) is 16.0. The van der Waals surface area contributed by atoms with Crippen LogP contribution in [0.2, 0.25) is 0 Å². The van der Waals surface area contributed by atoms with Crippen LogP contribution in [0.1, 0.15) is 42.4 Å². The molecule has 2 heterocycles. The Bertz CT molecular complexity index is 1040. The van der Waals surface area contributed by atoms with Gasteiger partial charge in [-0.25, -0.2) is 0 Å². The molecule has 0 radical (unpaired) electrons.